The second-order valence-electron chi connectivity index (χ2n) is 9.17. The fraction of sp³-hybridized carbons (Fsp3) is 0.462. The number of hydrogen-bond acceptors (Lipinski definition) is 5. The van der Waals surface area contributed by atoms with Crippen LogP contribution in [0.4, 0.5) is 14.6 Å². The summed E-state index contributed by atoms with van der Waals surface area (Å²) in [6, 6.07) is 7.61. The number of nitrogens with one attached hydrogen (secondary N) is 2. The maximum Gasteiger partial charge on any atom is 0.333 e. The van der Waals surface area contributed by atoms with Gasteiger partial charge in [0.25, 0.3) is 5.91 Å². The summed E-state index contributed by atoms with van der Waals surface area (Å²) in [7, 11) is 0. The molecule has 4 rings (SSSR count). The van der Waals surface area contributed by atoms with Gasteiger partial charge in [0.1, 0.15) is 11.9 Å². The van der Waals surface area contributed by atoms with E-state index in [-0.39, 0.29) is 5.56 Å². The number of nitrogens with zero attached hydrogens (tertiary/aromatic N) is 3. The molecule has 1 amide bonds. The van der Waals surface area contributed by atoms with Crippen molar-refractivity contribution in [2.24, 2.45) is 0 Å². The van der Waals surface area contributed by atoms with Crippen LogP contribution in [0.2, 0.25) is 0 Å². The summed E-state index contributed by atoms with van der Waals surface area (Å²) in [6.45, 7) is -1.80. The number of rotatable bonds is 12. The predicted molar refractivity (Wildman–Crippen MR) is 132 cm³/mol. The summed E-state index contributed by atoms with van der Waals surface area (Å²) in [6.07, 6.45) is 9.21. The van der Waals surface area contributed by atoms with Crippen molar-refractivity contribution in [1.29, 1.82) is 0 Å². The number of alkyl halides is 2. The Morgan fingerprint density at radius 3 is 2.72 bits per heavy atom. The summed E-state index contributed by atoms with van der Waals surface area (Å²) in [5.74, 6) is -0.633. The first-order valence-corrected chi connectivity index (χ1v) is 12.4. The minimum Gasteiger partial charge on any atom is -0.480 e. The van der Waals surface area contributed by atoms with Crippen molar-refractivity contribution in [3.63, 3.8) is 0 Å². The number of pyridine rings is 1. The number of hydrogen-bond donors (Lipinski definition) is 3. The zero-order valence-corrected chi connectivity index (χ0v) is 20.1. The lowest BCUT2D eigenvalue weighted by molar-refractivity contribution is -0.139. The zero-order chi connectivity index (χ0) is 25.5. The molecule has 0 spiro atoms. The lowest BCUT2D eigenvalue weighted by atomic mass is 10.0. The maximum absolute atomic E-state index is 12.8. The third kappa shape index (κ3) is 6.56. The van der Waals surface area contributed by atoms with Crippen molar-refractivity contribution in [3.05, 3.63) is 53.3 Å². The standard InChI is InChI=1S/C26H31F2N5O3/c27-26(28)33-16-19-15-18(11-13-21(19)32-33)24(34)31-22(25(35)36)9-5-3-1-2-4-8-20-12-10-17-7-6-14-29-23(17)30-20/h10-13,15-16,22,26H,1-9,14H2,(H,29,30)(H,31,34)(H,35,36). The van der Waals surface area contributed by atoms with Gasteiger partial charge in [0.05, 0.1) is 5.52 Å². The lowest BCUT2D eigenvalue weighted by Gasteiger charge is -2.17. The topological polar surface area (TPSA) is 109 Å². The lowest BCUT2D eigenvalue weighted by Crippen LogP contribution is -2.40. The number of aryl methyl sites for hydroxylation is 2. The SMILES string of the molecule is O=C(NC(CCCCCCCc1ccc2c(n1)NCCC2)C(=O)O)c1ccc2nn(C(F)F)cc2c1. The van der Waals surface area contributed by atoms with Crippen molar-refractivity contribution in [2.75, 3.05) is 11.9 Å². The Balaban J connectivity index is 1.18. The van der Waals surface area contributed by atoms with Crippen molar-refractivity contribution in [1.82, 2.24) is 20.1 Å². The van der Waals surface area contributed by atoms with Crippen LogP contribution < -0.4 is 10.6 Å². The molecule has 0 saturated heterocycles. The van der Waals surface area contributed by atoms with Gasteiger partial charge in [-0.15, -0.1) is 0 Å². The normalized spacial score (nSPS) is 13.9. The highest BCUT2D eigenvalue weighted by atomic mass is 19.3. The Labute approximate surface area is 208 Å². The van der Waals surface area contributed by atoms with Gasteiger partial charge in [-0.25, -0.2) is 14.5 Å². The van der Waals surface area contributed by atoms with E-state index >= 15 is 0 Å². The summed E-state index contributed by atoms with van der Waals surface area (Å²) >= 11 is 0. The van der Waals surface area contributed by atoms with Crippen LogP contribution >= 0.6 is 0 Å². The first-order chi connectivity index (χ1) is 17.4. The van der Waals surface area contributed by atoms with E-state index in [0.717, 1.165) is 69.2 Å². The number of aromatic nitrogens is 3. The maximum atomic E-state index is 12.8. The highest BCUT2D eigenvalue weighted by Crippen LogP contribution is 2.21. The first-order valence-electron chi connectivity index (χ1n) is 12.4. The van der Waals surface area contributed by atoms with E-state index in [1.165, 1.54) is 23.8 Å². The summed E-state index contributed by atoms with van der Waals surface area (Å²) in [5, 5.41) is 19.6. The Morgan fingerprint density at radius 1 is 1.11 bits per heavy atom. The Kier molecular flexibility index (Phi) is 8.45. The number of fused-ring (bicyclic) bond motifs is 2. The van der Waals surface area contributed by atoms with Gasteiger partial charge < -0.3 is 15.7 Å². The Bertz CT molecular complexity index is 1210. The molecule has 3 aromatic rings. The van der Waals surface area contributed by atoms with Crippen molar-refractivity contribution in [2.45, 2.75) is 70.4 Å². The molecule has 1 unspecified atom stereocenters. The molecule has 1 aromatic carbocycles. The van der Waals surface area contributed by atoms with Gasteiger partial charge in [-0.3, -0.25) is 4.79 Å². The van der Waals surface area contributed by atoms with Gasteiger partial charge in [-0.2, -0.15) is 13.9 Å². The van der Waals surface area contributed by atoms with Crippen molar-refractivity contribution >= 4 is 28.6 Å². The number of anilines is 1. The smallest absolute Gasteiger partial charge is 0.333 e. The highest BCUT2D eigenvalue weighted by Gasteiger charge is 2.21. The van der Waals surface area contributed by atoms with Crippen molar-refractivity contribution < 1.29 is 23.5 Å². The summed E-state index contributed by atoms with van der Waals surface area (Å²) < 4.78 is 26.2. The number of carboxylic acid groups (broad SMARTS) is 1. The number of aliphatic carboxylic acids is 1. The van der Waals surface area contributed by atoms with Crippen molar-refractivity contribution in [3.8, 4) is 0 Å². The second kappa shape index (κ2) is 11.9. The number of unbranched alkanes of at least 4 members (excludes halogenated alkanes) is 4. The fourth-order valence-corrected chi connectivity index (χ4v) is 4.48. The Hall–Kier alpha value is -3.56. The molecule has 10 heteroatoms. The molecular weight excluding hydrogens is 468 g/mol. The molecule has 2 aromatic heterocycles. The van der Waals surface area contributed by atoms with Crippen LogP contribution in [0, 0.1) is 0 Å². The molecule has 192 valence electrons. The Morgan fingerprint density at radius 2 is 1.92 bits per heavy atom. The molecule has 1 aliphatic heterocycles. The van der Waals surface area contributed by atoms with E-state index in [2.05, 4.69) is 27.9 Å². The van der Waals surface area contributed by atoms with E-state index < -0.39 is 24.5 Å². The van der Waals surface area contributed by atoms with E-state index in [4.69, 9.17) is 4.98 Å². The van der Waals surface area contributed by atoms with Crippen LogP contribution in [-0.2, 0) is 17.6 Å². The van der Waals surface area contributed by atoms with Crippen LogP contribution in [0.1, 0.15) is 73.1 Å². The second-order valence-corrected chi connectivity index (χ2v) is 9.17. The van der Waals surface area contributed by atoms with Crippen LogP contribution in [0.3, 0.4) is 0 Å². The number of benzene rings is 1. The molecule has 0 radical (unpaired) electrons. The molecule has 1 atom stereocenters. The highest BCUT2D eigenvalue weighted by molar-refractivity contribution is 5.99. The summed E-state index contributed by atoms with van der Waals surface area (Å²) in [5.41, 5.74) is 2.92. The molecule has 8 nitrogen and oxygen atoms in total. The number of carbonyl (C=O) groups excluding carboxylic acids is 1. The number of carbonyl (C=O) groups is 2. The fourth-order valence-electron chi connectivity index (χ4n) is 4.48. The monoisotopic (exact) mass is 499 g/mol. The van der Waals surface area contributed by atoms with E-state index in [9.17, 15) is 23.5 Å². The van der Waals surface area contributed by atoms with Crippen LogP contribution in [0.15, 0.2) is 36.5 Å². The van der Waals surface area contributed by atoms with Gasteiger partial charge >= 0.3 is 12.5 Å². The molecule has 0 bridgehead atoms. The van der Waals surface area contributed by atoms with E-state index in [1.807, 2.05) is 0 Å². The molecule has 1 aliphatic rings. The van der Waals surface area contributed by atoms with Gasteiger partial charge in [-0.1, -0.05) is 31.7 Å². The molecule has 0 fully saturated rings. The van der Waals surface area contributed by atoms with Gasteiger partial charge in [0, 0.05) is 29.4 Å². The quantitative estimate of drug-likeness (QED) is 0.304. The molecule has 3 N–H and O–H groups in total. The summed E-state index contributed by atoms with van der Waals surface area (Å²) in [4.78, 5) is 29.0. The van der Waals surface area contributed by atoms with Gasteiger partial charge in [0.2, 0.25) is 0 Å². The molecule has 0 saturated carbocycles. The largest absolute Gasteiger partial charge is 0.480 e. The molecule has 0 aliphatic carbocycles. The number of amides is 1. The third-order valence-corrected chi connectivity index (χ3v) is 6.47. The molecular formula is C26H31F2N5O3. The van der Waals surface area contributed by atoms with Gasteiger partial charge in [-0.05, 0) is 61.9 Å². The van der Waals surface area contributed by atoms with Gasteiger partial charge in [0.15, 0.2) is 0 Å². The third-order valence-electron chi connectivity index (χ3n) is 6.47. The number of carboxylic acids is 1. The van der Waals surface area contributed by atoms with Crippen LogP contribution in [0.5, 0.6) is 0 Å². The molecule has 36 heavy (non-hydrogen) atoms. The van der Waals surface area contributed by atoms with E-state index in [0.29, 0.717) is 28.4 Å². The predicted octanol–water partition coefficient (Wildman–Crippen LogP) is 4.95. The number of halogens is 2. The molecule has 3 heterocycles. The minimum atomic E-state index is -2.77. The first kappa shape index (κ1) is 25.5. The average molecular weight is 500 g/mol. The average Bonchev–Trinajstić information content (AvgIpc) is 3.31. The van der Waals surface area contributed by atoms with Crippen LogP contribution in [-0.4, -0.2) is 44.3 Å². The zero-order valence-electron chi connectivity index (χ0n) is 20.1. The minimum absolute atomic E-state index is 0.202. The van der Waals surface area contributed by atoms with E-state index in [1.54, 1.807) is 0 Å². The van der Waals surface area contributed by atoms with Crippen LogP contribution in [0.25, 0.3) is 10.9 Å².